The summed E-state index contributed by atoms with van der Waals surface area (Å²) in [5, 5.41) is 11.6. The zero-order valence-electron chi connectivity index (χ0n) is 10.2. The number of thiol groups is 1. The monoisotopic (exact) mass is 283 g/mol. The van der Waals surface area contributed by atoms with Crippen LogP contribution >= 0.6 is 24.4 Å². The summed E-state index contributed by atoms with van der Waals surface area (Å²) in [6.07, 6.45) is 3.65. The molecule has 0 aliphatic heterocycles. The molecule has 0 spiro atoms. The Labute approximate surface area is 116 Å². The molecule has 0 aromatic heterocycles. The molecule has 0 bridgehead atoms. The minimum Gasteiger partial charge on any atom is -0.493 e. The Morgan fingerprint density at radius 2 is 2.00 bits per heavy atom. The normalized spacial score (nSPS) is 10.7. The van der Waals surface area contributed by atoms with Gasteiger partial charge in [-0.05, 0) is 12.3 Å². The Kier molecular flexibility index (Phi) is 5.68. The van der Waals surface area contributed by atoms with Gasteiger partial charge in [0, 0.05) is 11.0 Å². The van der Waals surface area contributed by atoms with Crippen molar-refractivity contribution in [1.29, 1.82) is 5.26 Å². The largest absolute Gasteiger partial charge is 0.493 e. The second-order valence-corrected chi connectivity index (χ2v) is 4.33. The molecular weight excluding hydrogens is 270 g/mol. The lowest BCUT2D eigenvalue weighted by atomic mass is 10.3. The lowest BCUT2D eigenvalue weighted by Gasteiger charge is -2.10. The molecule has 18 heavy (non-hydrogen) atoms. The molecular formula is C11H13N3O2S2. The first-order valence-corrected chi connectivity index (χ1v) is 6.56. The highest BCUT2D eigenvalue weighted by Crippen LogP contribution is 2.36. The van der Waals surface area contributed by atoms with Gasteiger partial charge in [-0.2, -0.15) is 5.26 Å². The number of ether oxygens (including phenoxy) is 2. The van der Waals surface area contributed by atoms with Crippen molar-refractivity contribution < 1.29 is 9.47 Å². The smallest absolute Gasteiger partial charge is 0.183 e. The van der Waals surface area contributed by atoms with E-state index in [1.807, 2.05) is 12.4 Å². The minimum atomic E-state index is 0.486. The van der Waals surface area contributed by atoms with Gasteiger partial charge in [0.2, 0.25) is 0 Å². The average molecular weight is 283 g/mol. The Balaban J connectivity index is 3.21. The Hall–Kier alpha value is -1.52. The fraction of sp³-hybridized carbons (Fsp3) is 0.273. The highest BCUT2D eigenvalue weighted by molar-refractivity contribution is 8.13. The number of nitrogens with zero attached hydrogens (tertiary/aromatic N) is 2. The molecule has 0 aliphatic carbocycles. The van der Waals surface area contributed by atoms with Gasteiger partial charge in [0.1, 0.15) is 0 Å². The number of thioether (sulfide) groups is 1. The molecule has 1 rings (SSSR count). The van der Waals surface area contributed by atoms with Crippen LogP contribution in [0.25, 0.3) is 0 Å². The molecule has 0 atom stereocenters. The van der Waals surface area contributed by atoms with E-state index >= 15 is 0 Å². The Bertz CT molecular complexity index is 498. The molecule has 1 aromatic rings. The van der Waals surface area contributed by atoms with Crippen molar-refractivity contribution in [2.24, 2.45) is 4.99 Å². The summed E-state index contributed by atoms with van der Waals surface area (Å²) in [5.41, 5.74) is 0.600. The summed E-state index contributed by atoms with van der Waals surface area (Å²) in [6.45, 7) is 0. The van der Waals surface area contributed by atoms with Crippen molar-refractivity contribution in [2.75, 3.05) is 20.5 Å². The van der Waals surface area contributed by atoms with E-state index in [9.17, 15) is 0 Å². The van der Waals surface area contributed by atoms with Crippen molar-refractivity contribution in [3.05, 3.63) is 12.1 Å². The standard InChI is InChI=1S/C11H13N3O2S2/c1-15-8-4-7(10(17)5-9(8)16-2)14-11(18-3)13-6-12/h4-5,17H,1-3H3,(H,13,14). The van der Waals surface area contributed by atoms with Crippen LogP contribution in [0.3, 0.4) is 0 Å². The third kappa shape index (κ3) is 3.48. The number of nitrogens with one attached hydrogen (secondary N) is 1. The zero-order valence-corrected chi connectivity index (χ0v) is 11.9. The van der Waals surface area contributed by atoms with E-state index < -0.39 is 0 Å². The van der Waals surface area contributed by atoms with Gasteiger partial charge >= 0.3 is 0 Å². The van der Waals surface area contributed by atoms with Crippen LogP contribution < -0.4 is 14.8 Å². The maximum atomic E-state index is 8.58. The maximum Gasteiger partial charge on any atom is 0.183 e. The SMILES string of the molecule is COc1cc(S)c(N=C(NC#N)SC)cc1OC. The zero-order chi connectivity index (χ0) is 13.5. The number of amidine groups is 1. The number of rotatable bonds is 3. The van der Waals surface area contributed by atoms with Gasteiger partial charge in [-0.15, -0.1) is 12.6 Å². The number of methoxy groups -OCH3 is 2. The second kappa shape index (κ2) is 7.03. The van der Waals surface area contributed by atoms with Gasteiger partial charge < -0.3 is 9.47 Å². The first kappa shape index (κ1) is 14.5. The third-order valence-electron chi connectivity index (χ3n) is 2.06. The van der Waals surface area contributed by atoms with E-state index in [2.05, 4.69) is 22.9 Å². The summed E-state index contributed by atoms with van der Waals surface area (Å²) in [5.74, 6) is 1.15. The molecule has 0 amide bonds. The molecule has 5 nitrogen and oxygen atoms in total. The summed E-state index contributed by atoms with van der Waals surface area (Å²) >= 11 is 5.66. The van der Waals surface area contributed by atoms with Gasteiger partial charge in [-0.3, -0.25) is 5.32 Å². The van der Waals surface area contributed by atoms with Crippen LogP contribution in [0.4, 0.5) is 5.69 Å². The highest BCUT2D eigenvalue weighted by Gasteiger charge is 2.09. The van der Waals surface area contributed by atoms with Crippen molar-refractivity contribution in [1.82, 2.24) is 5.32 Å². The van der Waals surface area contributed by atoms with Crippen LogP contribution in [0.2, 0.25) is 0 Å². The molecule has 96 valence electrons. The fourth-order valence-corrected chi connectivity index (χ4v) is 1.80. The quantitative estimate of drug-likeness (QED) is 0.293. The summed E-state index contributed by atoms with van der Waals surface area (Å²) in [7, 11) is 3.10. The summed E-state index contributed by atoms with van der Waals surface area (Å²) in [4.78, 5) is 4.92. The van der Waals surface area contributed by atoms with Crippen molar-refractivity contribution in [2.45, 2.75) is 4.90 Å². The van der Waals surface area contributed by atoms with E-state index in [0.29, 0.717) is 27.2 Å². The lowest BCUT2D eigenvalue weighted by Crippen LogP contribution is -2.12. The lowest BCUT2D eigenvalue weighted by molar-refractivity contribution is 0.354. The number of nitriles is 1. The van der Waals surface area contributed by atoms with E-state index in [1.54, 1.807) is 26.4 Å². The molecule has 0 saturated heterocycles. The second-order valence-electron chi connectivity index (χ2n) is 3.05. The van der Waals surface area contributed by atoms with Crippen LogP contribution in [-0.4, -0.2) is 25.6 Å². The average Bonchev–Trinajstić information content (AvgIpc) is 2.39. The molecule has 0 aliphatic rings. The van der Waals surface area contributed by atoms with Crippen LogP contribution in [0.1, 0.15) is 0 Å². The van der Waals surface area contributed by atoms with E-state index in [1.165, 1.54) is 11.8 Å². The molecule has 1 aromatic carbocycles. The Morgan fingerprint density at radius 1 is 1.39 bits per heavy atom. The number of aliphatic imine (C=N–C) groups is 1. The van der Waals surface area contributed by atoms with Crippen molar-refractivity contribution in [3.8, 4) is 17.7 Å². The molecule has 0 saturated carbocycles. The van der Waals surface area contributed by atoms with Crippen LogP contribution in [0, 0.1) is 11.5 Å². The molecule has 0 radical (unpaired) electrons. The van der Waals surface area contributed by atoms with E-state index in [4.69, 9.17) is 14.7 Å². The number of benzene rings is 1. The number of hydrogen-bond donors (Lipinski definition) is 2. The van der Waals surface area contributed by atoms with Gasteiger partial charge in [0.25, 0.3) is 0 Å². The topological polar surface area (TPSA) is 66.6 Å². The van der Waals surface area contributed by atoms with Gasteiger partial charge in [0.15, 0.2) is 22.9 Å². The number of hydrogen-bond acceptors (Lipinski definition) is 6. The predicted octanol–water partition coefficient (Wildman–Crippen LogP) is 2.41. The fourth-order valence-electron chi connectivity index (χ4n) is 1.23. The summed E-state index contributed by atoms with van der Waals surface area (Å²) < 4.78 is 10.3. The first-order chi connectivity index (χ1) is 8.65. The van der Waals surface area contributed by atoms with E-state index in [-0.39, 0.29) is 0 Å². The minimum absolute atomic E-state index is 0.486. The molecule has 0 fully saturated rings. The van der Waals surface area contributed by atoms with Gasteiger partial charge in [0.05, 0.1) is 19.9 Å². The van der Waals surface area contributed by atoms with Crippen molar-refractivity contribution in [3.63, 3.8) is 0 Å². The molecule has 0 heterocycles. The maximum absolute atomic E-state index is 8.58. The molecule has 7 heteroatoms. The highest BCUT2D eigenvalue weighted by atomic mass is 32.2. The molecule has 1 N–H and O–H groups in total. The summed E-state index contributed by atoms with van der Waals surface area (Å²) in [6, 6.07) is 3.42. The predicted molar refractivity (Wildman–Crippen MR) is 76.2 cm³/mol. The van der Waals surface area contributed by atoms with Crippen LogP contribution in [0.15, 0.2) is 22.0 Å². The molecule has 0 unspecified atom stereocenters. The van der Waals surface area contributed by atoms with E-state index in [0.717, 1.165) is 0 Å². The van der Waals surface area contributed by atoms with Gasteiger partial charge in [-0.25, -0.2) is 4.99 Å². The van der Waals surface area contributed by atoms with Crippen LogP contribution in [-0.2, 0) is 0 Å². The van der Waals surface area contributed by atoms with Gasteiger partial charge in [-0.1, -0.05) is 11.8 Å². The Morgan fingerprint density at radius 3 is 2.50 bits per heavy atom. The first-order valence-electron chi connectivity index (χ1n) is 4.89. The van der Waals surface area contributed by atoms with Crippen molar-refractivity contribution >= 4 is 35.2 Å². The third-order valence-corrected chi connectivity index (χ3v) is 3.00. The van der Waals surface area contributed by atoms with Crippen LogP contribution in [0.5, 0.6) is 11.5 Å².